The molecule has 1 saturated heterocycles. The van der Waals surface area contributed by atoms with E-state index < -0.39 is 16.1 Å². The number of halogens is 1. The van der Waals surface area contributed by atoms with E-state index >= 15 is 0 Å². The SMILES string of the molecule is COc1ccc(Cl)c2sc(N(Cc3ccccc3)C(=O)C3CCCCN3S(C)(=O)=O)nc12. The molecule has 0 bridgehead atoms. The van der Waals surface area contributed by atoms with Gasteiger partial charge in [0.1, 0.15) is 17.3 Å². The minimum atomic E-state index is -3.52. The van der Waals surface area contributed by atoms with E-state index in [0.29, 0.717) is 34.4 Å². The minimum absolute atomic E-state index is 0.271. The summed E-state index contributed by atoms with van der Waals surface area (Å²) in [6, 6.07) is 12.3. The molecule has 2 heterocycles. The summed E-state index contributed by atoms with van der Waals surface area (Å²) in [6.45, 7) is 0.613. The molecule has 32 heavy (non-hydrogen) atoms. The Labute approximate surface area is 196 Å². The van der Waals surface area contributed by atoms with Gasteiger partial charge in [0, 0.05) is 6.54 Å². The van der Waals surface area contributed by atoms with Gasteiger partial charge in [0.2, 0.25) is 15.9 Å². The first-order valence-corrected chi connectivity index (χ1v) is 13.3. The Morgan fingerprint density at radius 3 is 2.69 bits per heavy atom. The zero-order chi connectivity index (χ0) is 22.9. The number of carbonyl (C=O) groups excluding carboxylic acids is 1. The Morgan fingerprint density at radius 1 is 1.25 bits per heavy atom. The average Bonchev–Trinajstić information content (AvgIpc) is 3.23. The number of ether oxygens (including phenoxy) is 1. The highest BCUT2D eigenvalue weighted by atomic mass is 35.5. The average molecular weight is 494 g/mol. The second kappa shape index (κ2) is 9.35. The van der Waals surface area contributed by atoms with Crippen molar-refractivity contribution in [3.8, 4) is 5.75 Å². The van der Waals surface area contributed by atoms with E-state index in [9.17, 15) is 13.2 Å². The molecule has 3 aromatic rings. The van der Waals surface area contributed by atoms with Crippen molar-refractivity contribution in [2.24, 2.45) is 0 Å². The van der Waals surface area contributed by atoms with Gasteiger partial charge in [-0.15, -0.1) is 0 Å². The van der Waals surface area contributed by atoms with Crippen LogP contribution in [0.2, 0.25) is 5.02 Å². The second-order valence-electron chi connectivity index (χ2n) is 7.72. The normalized spacial score (nSPS) is 17.4. The van der Waals surface area contributed by atoms with Crippen LogP contribution in [0.25, 0.3) is 10.2 Å². The van der Waals surface area contributed by atoms with Gasteiger partial charge in [-0.05, 0) is 30.5 Å². The molecule has 0 saturated carbocycles. The Morgan fingerprint density at radius 2 is 2.00 bits per heavy atom. The number of aromatic nitrogens is 1. The molecule has 1 aromatic heterocycles. The van der Waals surface area contributed by atoms with Crippen LogP contribution in [0.15, 0.2) is 42.5 Å². The van der Waals surface area contributed by atoms with Gasteiger partial charge >= 0.3 is 0 Å². The molecule has 4 rings (SSSR count). The summed E-state index contributed by atoms with van der Waals surface area (Å²) in [6.07, 6.45) is 3.17. The standard InChI is InChI=1S/C22H24ClN3O4S2/c1-30-18-12-11-16(23)20-19(18)24-22(31-20)25(14-15-8-4-3-5-9-15)21(27)17-10-6-7-13-26(17)32(2,28)29/h3-5,8-9,11-12,17H,6-7,10,13-14H2,1-2H3. The van der Waals surface area contributed by atoms with Crippen LogP contribution in [-0.2, 0) is 21.4 Å². The van der Waals surface area contributed by atoms with Gasteiger partial charge in [0.05, 0.1) is 29.6 Å². The van der Waals surface area contributed by atoms with Crippen LogP contribution in [-0.4, -0.2) is 49.6 Å². The maximum Gasteiger partial charge on any atom is 0.247 e. The molecule has 1 aliphatic heterocycles. The lowest BCUT2D eigenvalue weighted by Crippen LogP contribution is -2.52. The number of carbonyl (C=O) groups is 1. The lowest BCUT2D eigenvalue weighted by Gasteiger charge is -2.35. The number of methoxy groups -OCH3 is 1. The molecule has 0 N–H and O–H groups in total. The monoisotopic (exact) mass is 493 g/mol. The zero-order valence-electron chi connectivity index (χ0n) is 17.8. The third-order valence-electron chi connectivity index (χ3n) is 5.51. The van der Waals surface area contributed by atoms with Gasteiger partial charge in [0.15, 0.2) is 5.13 Å². The van der Waals surface area contributed by atoms with Crippen molar-refractivity contribution >= 4 is 54.2 Å². The number of thiazole rings is 1. The van der Waals surface area contributed by atoms with Crippen molar-refractivity contribution < 1.29 is 17.9 Å². The quantitative estimate of drug-likeness (QED) is 0.511. The first-order chi connectivity index (χ1) is 15.3. The number of hydrogen-bond donors (Lipinski definition) is 0. The number of anilines is 1. The third kappa shape index (κ3) is 4.61. The summed E-state index contributed by atoms with van der Waals surface area (Å²) in [4.78, 5) is 20.1. The number of fused-ring (bicyclic) bond motifs is 1. The number of nitrogens with zero attached hydrogens (tertiary/aromatic N) is 3. The fourth-order valence-corrected chi connectivity index (χ4v) is 6.34. The van der Waals surface area contributed by atoms with Crippen molar-refractivity contribution in [3.63, 3.8) is 0 Å². The van der Waals surface area contributed by atoms with Crippen LogP contribution in [0, 0.1) is 0 Å². The number of piperidine rings is 1. The van der Waals surface area contributed by atoms with Crippen LogP contribution >= 0.6 is 22.9 Å². The first-order valence-electron chi connectivity index (χ1n) is 10.2. The molecular formula is C22H24ClN3O4S2. The van der Waals surface area contributed by atoms with E-state index in [-0.39, 0.29) is 12.5 Å². The number of benzene rings is 2. The molecule has 1 atom stereocenters. The number of rotatable bonds is 6. The molecule has 1 amide bonds. The Kier molecular flexibility index (Phi) is 6.71. The van der Waals surface area contributed by atoms with Crippen LogP contribution in [0.1, 0.15) is 24.8 Å². The summed E-state index contributed by atoms with van der Waals surface area (Å²) in [7, 11) is -1.97. The van der Waals surface area contributed by atoms with E-state index in [0.717, 1.165) is 29.4 Å². The molecule has 7 nitrogen and oxygen atoms in total. The lowest BCUT2D eigenvalue weighted by molar-refractivity contribution is -0.123. The van der Waals surface area contributed by atoms with E-state index in [2.05, 4.69) is 0 Å². The highest BCUT2D eigenvalue weighted by molar-refractivity contribution is 7.88. The predicted octanol–water partition coefficient (Wildman–Crippen LogP) is 4.31. The molecule has 0 aliphatic carbocycles. The molecule has 10 heteroatoms. The van der Waals surface area contributed by atoms with Crippen molar-refractivity contribution in [1.82, 2.24) is 9.29 Å². The van der Waals surface area contributed by atoms with Gasteiger partial charge in [-0.2, -0.15) is 4.31 Å². The van der Waals surface area contributed by atoms with E-state index in [1.807, 2.05) is 30.3 Å². The van der Waals surface area contributed by atoms with Gasteiger partial charge < -0.3 is 4.74 Å². The summed E-state index contributed by atoms with van der Waals surface area (Å²) in [5.74, 6) is 0.280. The van der Waals surface area contributed by atoms with Crippen LogP contribution < -0.4 is 9.64 Å². The van der Waals surface area contributed by atoms with Gasteiger partial charge in [-0.1, -0.05) is 59.7 Å². The largest absolute Gasteiger partial charge is 0.494 e. The second-order valence-corrected chi connectivity index (χ2v) is 11.0. The van der Waals surface area contributed by atoms with Gasteiger partial charge in [-0.3, -0.25) is 9.69 Å². The maximum absolute atomic E-state index is 13.8. The molecule has 0 spiro atoms. The fourth-order valence-electron chi connectivity index (χ4n) is 3.96. The van der Waals surface area contributed by atoms with Crippen LogP contribution in [0.5, 0.6) is 5.75 Å². The first kappa shape index (κ1) is 23.0. The number of sulfonamides is 1. The van der Waals surface area contributed by atoms with Crippen molar-refractivity contribution in [3.05, 3.63) is 53.1 Å². The van der Waals surface area contributed by atoms with E-state index in [1.165, 1.54) is 15.6 Å². The highest BCUT2D eigenvalue weighted by Gasteiger charge is 2.38. The highest BCUT2D eigenvalue weighted by Crippen LogP contribution is 2.39. The van der Waals surface area contributed by atoms with Gasteiger partial charge in [-0.25, -0.2) is 13.4 Å². The molecule has 1 aliphatic rings. The van der Waals surface area contributed by atoms with E-state index in [1.54, 1.807) is 24.1 Å². The summed E-state index contributed by atoms with van der Waals surface area (Å²) >= 11 is 7.70. The number of hydrogen-bond acceptors (Lipinski definition) is 6. The lowest BCUT2D eigenvalue weighted by atomic mass is 10.0. The van der Waals surface area contributed by atoms with E-state index in [4.69, 9.17) is 21.3 Å². The van der Waals surface area contributed by atoms with Gasteiger partial charge in [0.25, 0.3) is 0 Å². The van der Waals surface area contributed by atoms with Crippen molar-refractivity contribution in [1.29, 1.82) is 0 Å². The molecular weight excluding hydrogens is 470 g/mol. The Hall–Kier alpha value is -2.20. The summed E-state index contributed by atoms with van der Waals surface area (Å²) in [5.41, 5.74) is 1.49. The topological polar surface area (TPSA) is 79.8 Å². The molecule has 1 fully saturated rings. The predicted molar refractivity (Wildman–Crippen MR) is 128 cm³/mol. The van der Waals surface area contributed by atoms with Crippen molar-refractivity contribution in [2.45, 2.75) is 31.8 Å². The summed E-state index contributed by atoms with van der Waals surface area (Å²) < 4.78 is 32.3. The molecule has 2 aromatic carbocycles. The molecule has 170 valence electrons. The van der Waals surface area contributed by atoms with Crippen molar-refractivity contribution in [2.75, 3.05) is 24.8 Å². The van der Waals surface area contributed by atoms with Crippen LogP contribution in [0.4, 0.5) is 5.13 Å². The maximum atomic E-state index is 13.8. The molecule has 0 radical (unpaired) electrons. The minimum Gasteiger partial charge on any atom is -0.494 e. The smallest absolute Gasteiger partial charge is 0.247 e. The summed E-state index contributed by atoms with van der Waals surface area (Å²) in [5, 5.41) is 0.978. The fraction of sp³-hybridized carbons (Fsp3) is 0.364. The zero-order valence-corrected chi connectivity index (χ0v) is 20.2. The molecule has 1 unspecified atom stereocenters. The Balaban J connectivity index is 1.80. The number of amides is 1. The third-order valence-corrected chi connectivity index (χ3v) is 8.34. The van der Waals surface area contributed by atoms with Crippen LogP contribution in [0.3, 0.4) is 0 Å². The Bertz CT molecular complexity index is 1230.